The van der Waals surface area contributed by atoms with Crippen molar-refractivity contribution >= 4 is 17.8 Å². The third-order valence-corrected chi connectivity index (χ3v) is 3.19. The Labute approximate surface area is 142 Å². The Balaban J connectivity index is 2.20. The van der Waals surface area contributed by atoms with Gasteiger partial charge < -0.3 is 9.57 Å². The molecule has 1 aliphatic rings. The highest BCUT2D eigenvalue weighted by atomic mass is 16.7. The van der Waals surface area contributed by atoms with Crippen LogP contribution in [0, 0.1) is 0 Å². The van der Waals surface area contributed by atoms with Crippen LogP contribution >= 0.6 is 0 Å². The molecule has 0 aromatic heterocycles. The Morgan fingerprint density at radius 2 is 1.88 bits per heavy atom. The van der Waals surface area contributed by atoms with E-state index in [4.69, 9.17) is 9.57 Å². The van der Waals surface area contributed by atoms with Crippen molar-refractivity contribution in [3.05, 3.63) is 36.5 Å². The zero-order chi connectivity index (χ0) is 17.8. The first-order chi connectivity index (χ1) is 11.5. The Morgan fingerprint density at radius 1 is 1.17 bits per heavy atom. The minimum absolute atomic E-state index is 0.0755. The van der Waals surface area contributed by atoms with E-state index in [0.29, 0.717) is 5.06 Å². The van der Waals surface area contributed by atoms with Crippen molar-refractivity contribution < 1.29 is 24.0 Å². The van der Waals surface area contributed by atoms with Crippen molar-refractivity contribution in [2.75, 3.05) is 6.61 Å². The number of amides is 2. The number of unbranched alkanes of at least 4 members (excludes halogenated alkanes) is 1. The topological polar surface area (TPSA) is 72.9 Å². The maximum absolute atomic E-state index is 11.6. The molecule has 1 fully saturated rings. The molecule has 0 bridgehead atoms. The van der Waals surface area contributed by atoms with Gasteiger partial charge in [-0.25, -0.2) is 4.79 Å². The van der Waals surface area contributed by atoms with Crippen LogP contribution in [0.5, 0.6) is 0 Å². The molecule has 1 heterocycles. The summed E-state index contributed by atoms with van der Waals surface area (Å²) in [5.74, 6) is -1.77. The van der Waals surface area contributed by atoms with Crippen LogP contribution in [0.15, 0.2) is 36.5 Å². The zero-order valence-electron chi connectivity index (χ0n) is 14.3. The van der Waals surface area contributed by atoms with Gasteiger partial charge in [0.1, 0.15) is 6.61 Å². The van der Waals surface area contributed by atoms with Crippen LogP contribution in [-0.4, -0.2) is 35.6 Å². The highest BCUT2D eigenvalue weighted by molar-refractivity contribution is 6.01. The first-order valence-electron chi connectivity index (χ1n) is 8.21. The summed E-state index contributed by atoms with van der Waals surface area (Å²) < 4.78 is 5.29. The fourth-order valence-corrected chi connectivity index (χ4v) is 1.88. The molecule has 1 aliphatic heterocycles. The maximum atomic E-state index is 11.6. The number of hydrogen-bond acceptors (Lipinski definition) is 5. The standard InChI is InChI=1S/C18H25NO5/c1-3-4-5-6-7-8-9-10-11-15(2)23-14-18(22)24-19-16(20)12-13-17(19)21/h5-6,8-11,15H,3-4,7,12-14H2,1-2H3/b6-5+,9-8+,11-10-. The van der Waals surface area contributed by atoms with Gasteiger partial charge in [-0.05, 0) is 19.8 Å². The van der Waals surface area contributed by atoms with Gasteiger partial charge in [-0.3, -0.25) is 9.59 Å². The molecular weight excluding hydrogens is 310 g/mol. The van der Waals surface area contributed by atoms with Crippen LogP contribution in [0.3, 0.4) is 0 Å². The van der Waals surface area contributed by atoms with Gasteiger partial charge in [0.2, 0.25) is 0 Å². The van der Waals surface area contributed by atoms with Crippen LogP contribution < -0.4 is 0 Å². The summed E-state index contributed by atoms with van der Waals surface area (Å²) in [6, 6.07) is 0. The molecule has 6 heteroatoms. The monoisotopic (exact) mass is 335 g/mol. The van der Waals surface area contributed by atoms with Crippen LogP contribution in [0.1, 0.15) is 46.0 Å². The van der Waals surface area contributed by atoms with Gasteiger partial charge in [0.15, 0.2) is 0 Å². The average Bonchev–Trinajstić information content (AvgIpc) is 2.87. The van der Waals surface area contributed by atoms with E-state index in [1.54, 1.807) is 13.0 Å². The van der Waals surface area contributed by atoms with E-state index in [2.05, 4.69) is 19.1 Å². The number of hydroxylamine groups is 2. The van der Waals surface area contributed by atoms with Crippen LogP contribution in [0.2, 0.25) is 0 Å². The molecule has 1 saturated heterocycles. The van der Waals surface area contributed by atoms with Crippen molar-refractivity contribution in [3.8, 4) is 0 Å². The summed E-state index contributed by atoms with van der Waals surface area (Å²) in [4.78, 5) is 38.9. The molecule has 1 unspecified atom stereocenters. The Hall–Kier alpha value is -2.21. The van der Waals surface area contributed by atoms with Gasteiger partial charge >= 0.3 is 5.97 Å². The summed E-state index contributed by atoms with van der Waals surface area (Å²) in [6.45, 7) is 3.60. The lowest BCUT2D eigenvalue weighted by molar-refractivity contribution is -0.200. The predicted octanol–water partition coefficient (Wildman–Crippen LogP) is 2.86. The number of carbonyl (C=O) groups is 3. The zero-order valence-corrected chi connectivity index (χ0v) is 14.3. The average molecular weight is 335 g/mol. The molecule has 0 radical (unpaired) electrons. The second-order valence-corrected chi connectivity index (χ2v) is 5.37. The molecule has 132 valence electrons. The van der Waals surface area contributed by atoms with Gasteiger partial charge in [-0.15, -0.1) is 5.06 Å². The van der Waals surface area contributed by atoms with Crippen molar-refractivity contribution in [2.45, 2.75) is 52.1 Å². The number of hydrogen-bond donors (Lipinski definition) is 0. The maximum Gasteiger partial charge on any atom is 0.358 e. The Kier molecular flexibility index (Phi) is 9.38. The normalized spacial score (nSPS) is 16.8. The number of carbonyl (C=O) groups excluding carboxylic acids is 3. The molecule has 1 rings (SSSR count). The summed E-state index contributed by atoms with van der Waals surface area (Å²) in [5, 5.41) is 0.515. The molecule has 2 amide bonds. The van der Waals surface area contributed by atoms with Crippen molar-refractivity contribution in [3.63, 3.8) is 0 Å². The number of rotatable bonds is 10. The molecule has 0 aliphatic carbocycles. The fourth-order valence-electron chi connectivity index (χ4n) is 1.88. The molecule has 1 atom stereocenters. The van der Waals surface area contributed by atoms with Gasteiger partial charge in [0, 0.05) is 12.8 Å². The smallest absolute Gasteiger partial charge is 0.358 e. The Morgan fingerprint density at radius 3 is 2.54 bits per heavy atom. The van der Waals surface area contributed by atoms with E-state index < -0.39 is 17.8 Å². The third-order valence-electron chi connectivity index (χ3n) is 3.19. The fraction of sp³-hybridized carbons (Fsp3) is 0.500. The lowest BCUT2D eigenvalue weighted by Gasteiger charge is -2.13. The quantitative estimate of drug-likeness (QED) is 0.349. The molecule has 24 heavy (non-hydrogen) atoms. The second kappa shape index (κ2) is 11.3. The second-order valence-electron chi connectivity index (χ2n) is 5.37. The van der Waals surface area contributed by atoms with E-state index in [-0.39, 0.29) is 25.6 Å². The summed E-state index contributed by atoms with van der Waals surface area (Å²) in [6.07, 6.45) is 14.8. The summed E-state index contributed by atoms with van der Waals surface area (Å²) >= 11 is 0. The van der Waals surface area contributed by atoms with E-state index >= 15 is 0 Å². The predicted molar refractivity (Wildman–Crippen MR) is 89.5 cm³/mol. The van der Waals surface area contributed by atoms with Crippen LogP contribution in [0.25, 0.3) is 0 Å². The van der Waals surface area contributed by atoms with E-state index in [0.717, 1.165) is 19.3 Å². The molecule has 0 aromatic carbocycles. The van der Waals surface area contributed by atoms with E-state index in [1.807, 2.05) is 18.2 Å². The lowest BCUT2D eigenvalue weighted by Crippen LogP contribution is -2.33. The number of imide groups is 1. The minimum Gasteiger partial charge on any atom is -0.363 e. The largest absolute Gasteiger partial charge is 0.363 e. The Bertz CT molecular complexity index is 506. The number of allylic oxidation sites excluding steroid dienone is 5. The molecule has 0 N–H and O–H groups in total. The first kappa shape index (κ1) is 19.8. The SMILES string of the molecule is CCC/C=C/C/C=C/C=C\C(C)OCC(=O)ON1C(=O)CCC1=O. The molecule has 0 spiro atoms. The van der Waals surface area contributed by atoms with Crippen molar-refractivity contribution in [1.82, 2.24) is 5.06 Å². The lowest BCUT2D eigenvalue weighted by atomic mass is 10.2. The van der Waals surface area contributed by atoms with Gasteiger partial charge in [0.05, 0.1) is 6.10 Å². The molecular formula is C18H25NO5. The number of nitrogens with zero attached hydrogens (tertiary/aromatic N) is 1. The third kappa shape index (κ3) is 7.87. The van der Waals surface area contributed by atoms with E-state index in [9.17, 15) is 14.4 Å². The van der Waals surface area contributed by atoms with Crippen molar-refractivity contribution in [2.24, 2.45) is 0 Å². The highest BCUT2D eigenvalue weighted by Gasteiger charge is 2.32. The first-order valence-corrected chi connectivity index (χ1v) is 8.21. The molecule has 0 aromatic rings. The highest BCUT2D eigenvalue weighted by Crippen LogP contribution is 2.12. The number of ether oxygens (including phenoxy) is 1. The molecule has 0 saturated carbocycles. The summed E-state index contributed by atoms with van der Waals surface area (Å²) in [7, 11) is 0. The van der Waals surface area contributed by atoms with Crippen molar-refractivity contribution in [1.29, 1.82) is 0 Å². The van der Waals surface area contributed by atoms with Gasteiger partial charge in [-0.2, -0.15) is 0 Å². The van der Waals surface area contributed by atoms with E-state index in [1.165, 1.54) is 0 Å². The summed E-state index contributed by atoms with van der Waals surface area (Å²) in [5.41, 5.74) is 0. The molecule has 6 nitrogen and oxygen atoms in total. The van der Waals surface area contributed by atoms with Gasteiger partial charge in [0.25, 0.3) is 11.8 Å². The van der Waals surface area contributed by atoms with Crippen LogP contribution in [-0.2, 0) is 24.0 Å². The van der Waals surface area contributed by atoms with Crippen LogP contribution in [0.4, 0.5) is 0 Å². The minimum atomic E-state index is -0.768. The van der Waals surface area contributed by atoms with Gasteiger partial charge in [-0.1, -0.05) is 49.8 Å².